The van der Waals surface area contributed by atoms with Crippen molar-refractivity contribution >= 4 is 0 Å². The third-order valence-corrected chi connectivity index (χ3v) is 2.82. The molecule has 82 valence electrons. The molecule has 1 aliphatic rings. The molecule has 4 nitrogen and oxygen atoms in total. The number of aromatic nitrogens is 1. The molecule has 4 heteroatoms. The van der Waals surface area contributed by atoms with Crippen LogP contribution < -0.4 is 5.43 Å². The average molecular weight is 206 g/mol. The van der Waals surface area contributed by atoms with Gasteiger partial charge < -0.3 is 0 Å². The zero-order chi connectivity index (χ0) is 10.5. The predicted octanol–water partition coefficient (Wildman–Crippen LogP) is 0.334. The highest BCUT2D eigenvalue weighted by atomic mass is 15.5. The standard InChI is InChI=1S/C11H18N4/c1-12-15-7-5-14(6-8-15)10-11-3-2-4-13-9-11/h2-4,9,12H,5-8,10H2,1H3. The van der Waals surface area contributed by atoms with Crippen molar-refractivity contribution in [3.8, 4) is 0 Å². The van der Waals surface area contributed by atoms with Crippen LogP contribution in [0.25, 0.3) is 0 Å². The molecule has 1 aromatic rings. The lowest BCUT2D eigenvalue weighted by molar-refractivity contribution is 0.0946. The van der Waals surface area contributed by atoms with Crippen LogP contribution in [0.2, 0.25) is 0 Å². The molecule has 0 aliphatic carbocycles. The summed E-state index contributed by atoms with van der Waals surface area (Å²) in [6, 6.07) is 4.14. The van der Waals surface area contributed by atoms with Gasteiger partial charge in [0.2, 0.25) is 0 Å². The molecule has 0 bridgehead atoms. The van der Waals surface area contributed by atoms with E-state index in [1.807, 2.05) is 25.5 Å². The molecule has 1 aromatic heterocycles. The van der Waals surface area contributed by atoms with Crippen molar-refractivity contribution in [1.82, 2.24) is 20.3 Å². The van der Waals surface area contributed by atoms with E-state index in [9.17, 15) is 0 Å². The van der Waals surface area contributed by atoms with Crippen LogP contribution in [0, 0.1) is 0 Å². The number of hydrogen-bond acceptors (Lipinski definition) is 4. The lowest BCUT2D eigenvalue weighted by Crippen LogP contribution is -2.50. The van der Waals surface area contributed by atoms with Crippen molar-refractivity contribution in [2.45, 2.75) is 6.54 Å². The van der Waals surface area contributed by atoms with E-state index in [1.165, 1.54) is 5.56 Å². The average Bonchev–Trinajstić information content (AvgIpc) is 2.31. The van der Waals surface area contributed by atoms with Gasteiger partial charge in [-0.1, -0.05) is 6.07 Å². The highest BCUT2D eigenvalue weighted by Crippen LogP contribution is 2.05. The molecule has 0 saturated carbocycles. The number of pyridine rings is 1. The van der Waals surface area contributed by atoms with E-state index < -0.39 is 0 Å². The molecule has 0 unspecified atom stereocenters. The summed E-state index contributed by atoms with van der Waals surface area (Å²) in [5.74, 6) is 0. The first-order valence-corrected chi connectivity index (χ1v) is 5.42. The molecule has 15 heavy (non-hydrogen) atoms. The van der Waals surface area contributed by atoms with E-state index in [1.54, 1.807) is 0 Å². The van der Waals surface area contributed by atoms with Gasteiger partial charge in [0, 0.05) is 45.1 Å². The van der Waals surface area contributed by atoms with E-state index in [4.69, 9.17) is 0 Å². The van der Waals surface area contributed by atoms with E-state index in [2.05, 4.69) is 26.4 Å². The molecule has 0 amide bonds. The summed E-state index contributed by atoms with van der Waals surface area (Å²) in [6.45, 7) is 5.45. The smallest absolute Gasteiger partial charge is 0.0312 e. The Kier molecular flexibility index (Phi) is 3.66. The summed E-state index contributed by atoms with van der Waals surface area (Å²) in [4.78, 5) is 6.60. The van der Waals surface area contributed by atoms with Crippen molar-refractivity contribution < 1.29 is 0 Å². The molecule has 1 N–H and O–H groups in total. The SMILES string of the molecule is CNN1CCN(Cc2cccnc2)CC1. The lowest BCUT2D eigenvalue weighted by atomic mass is 10.2. The zero-order valence-corrected chi connectivity index (χ0v) is 9.19. The van der Waals surface area contributed by atoms with Crippen molar-refractivity contribution in [1.29, 1.82) is 0 Å². The van der Waals surface area contributed by atoms with Crippen LogP contribution in [0.4, 0.5) is 0 Å². The highest BCUT2D eigenvalue weighted by molar-refractivity contribution is 5.08. The first-order chi connectivity index (χ1) is 7.38. The van der Waals surface area contributed by atoms with Crippen LogP contribution >= 0.6 is 0 Å². The van der Waals surface area contributed by atoms with Crippen molar-refractivity contribution in [2.75, 3.05) is 33.2 Å². The summed E-state index contributed by atoms with van der Waals surface area (Å²) in [5, 5.41) is 2.25. The second-order valence-corrected chi connectivity index (χ2v) is 3.85. The highest BCUT2D eigenvalue weighted by Gasteiger charge is 2.15. The fourth-order valence-electron chi connectivity index (χ4n) is 1.88. The molecule has 1 fully saturated rings. The van der Waals surface area contributed by atoms with Crippen LogP contribution in [0.3, 0.4) is 0 Å². The Labute approximate surface area is 90.9 Å². The third kappa shape index (κ3) is 2.99. The lowest BCUT2D eigenvalue weighted by Gasteiger charge is -2.33. The maximum atomic E-state index is 4.13. The van der Waals surface area contributed by atoms with Crippen molar-refractivity contribution in [3.05, 3.63) is 30.1 Å². The van der Waals surface area contributed by atoms with Gasteiger partial charge in [0.1, 0.15) is 0 Å². The molecule has 0 aromatic carbocycles. The van der Waals surface area contributed by atoms with Gasteiger partial charge in [-0.2, -0.15) is 0 Å². The van der Waals surface area contributed by atoms with Crippen LogP contribution in [0.15, 0.2) is 24.5 Å². The van der Waals surface area contributed by atoms with E-state index in [0.29, 0.717) is 0 Å². The Balaban J connectivity index is 1.82. The topological polar surface area (TPSA) is 31.4 Å². The van der Waals surface area contributed by atoms with Gasteiger partial charge in [0.15, 0.2) is 0 Å². The minimum Gasteiger partial charge on any atom is -0.296 e. The van der Waals surface area contributed by atoms with Gasteiger partial charge in [0.05, 0.1) is 0 Å². The molecule has 1 aliphatic heterocycles. The molecule has 2 rings (SSSR count). The van der Waals surface area contributed by atoms with E-state index in [-0.39, 0.29) is 0 Å². The molecular formula is C11H18N4. The van der Waals surface area contributed by atoms with Crippen molar-refractivity contribution in [3.63, 3.8) is 0 Å². The summed E-state index contributed by atoms with van der Waals surface area (Å²) in [5.41, 5.74) is 4.48. The van der Waals surface area contributed by atoms with Crippen molar-refractivity contribution in [2.24, 2.45) is 0 Å². The zero-order valence-electron chi connectivity index (χ0n) is 9.19. The Morgan fingerprint density at radius 3 is 2.73 bits per heavy atom. The Bertz CT molecular complexity index is 280. The molecule has 2 heterocycles. The quantitative estimate of drug-likeness (QED) is 0.772. The first kappa shape index (κ1) is 10.5. The molecule has 0 radical (unpaired) electrons. The Morgan fingerprint density at radius 2 is 2.13 bits per heavy atom. The Hall–Kier alpha value is -0.970. The first-order valence-electron chi connectivity index (χ1n) is 5.42. The van der Waals surface area contributed by atoms with Crippen LogP contribution in [0.5, 0.6) is 0 Å². The largest absolute Gasteiger partial charge is 0.296 e. The number of nitrogens with zero attached hydrogens (tertiary/aromatic N) is 3. The third-order valence-electron chi connectivity index (χ3n) is 2.82. The van der Waals surface area contributed by atoms with Gasteiger partial charge in [-0.15, -0.1) is 0 Å². The summed E-state index contributed by atoms with van der Waals surface area (Å²) < 4.78 is 0. The molecule has 0 spiro atoms. The second kappa shape index (κ2) is 5.21. The van der Waals surface area contributed by atoms with Gasteiger partial charge in [-0.25, -0.2) is 5.01 Å². The monoisotopic (exact) mass is 206 g/mol. The summed E-state index contributed by atoms with van der Waals surface area (Å²) in [7, 11) is 1.98. The van der Waals surface area contributed by atoms with Crippen LogP contribution in [-0.2, 0) is 6.54 Å². The number of hydrazine groups is 1. The summed E-state index contributed by atoms with van der Waals surface area (Å²) >= 11 is 0. The molecule has 0 atom stereocenters. The van der Waals surface area contributed by atoms with E-state index in [0.717, 1.165) is 32.7 Å². The molecular weight excluding hydrogens is 188 g/mol. The number of rotatable bonds is 3. The summed E-state index contributed by atoms with van der Waals surface area (Å²) in [6.07, 6.45) is 3.77. The number of hydrogen-bond donors (Lipinski definition) is 1. The fourth-order valence-corrected chi connectivity index (χ4v) is 1.88. The Morgan fingerprint density at radius 1 is 1.33 bits per heavy atom. The second-order valence-electron chi connectivity index (χ2n) is 3.85. The normalized spacial score (nSPS) is 19.3. The fraction of sp³-hybridized carbons (Fsp3) is 0.545. The minimum atomic E-state index is 1.02. The number of piperazine rings is 1. The van der Waals surface area contributed by atoms with Gasteiger partial charge in [0.25, 0.3) is 0 Å². The number of nitrogens with one attached hydrogen (secondary N) is 1. The van der Waals surface area contributed by atoms with Gasteiger partial charge >= 0.3 is 0 Å². The maximum Gasteiger partial charge on any atom is 0.0312 e. The van der Waals surface area contributed by atoms with Gasteiger partial charge in [-0.05, 0) is 18.7 Å². The van der Waals surface area contributed by atoms with Crippen LogP contribution in [-0.4, -0.2) is 48.1 Å². The molecule has 1 saturated heterocycles. The predicted molar refractivity (Wildman–Crippen MR) is 60.1 cm³/mol. The van der Waals surface area contributed by atoms with E-state index >= 15 is 0 Å². The van der Waals surface area contributed by atoms with Crippen LogP contribution in [0.1, 0.15) is 5.56 Å². The van der Waals surface area contributed by atoms with Gasteiger partial charge in [-0.3, -0.25) is 15.3 Å². The maximum absolute atomic E-state index is 4.13. The minimum absolute atomic E-state index is 1.02.